The monoisotopic (exact) mass is 809 g/mol. The maximum absolute atomic E-state index is 15.2. The van der Waals surface area contributed by atoms with Crippen LogP contribution in [-0.4, -0.2) is 62.4 Å². The summed E-state index contributed by atoms with van der Waals surface area (Å²) in [5.74, 6) is -24.1. The lowest BCUT2D eigenvalue weighted by Gasteiger charge is -2.50. The molecule has 21 heteroatoms. The van der Waals surface area contributed by atoms with Gasteiger partial charge in [0.05, 0.1) is 27.4 Å². The molecule has 2 heterocycles. The van der Waals surface area contributed by atoms with Crippen LogP contribution in [0.5, 0.6) is 5.75 Å². The molecule has 4 aliphatic rings. The van der Waals surface area contributed by atoms with E-state index in [1.807, 2.05) is 0 Å². The molecule has 0 radical (unpaired) electrons. The first kappa shape index (κ1) is 37.6. The van der Waals surface area contributed by atoms with Gasteiger partial charge in [-0.25, -0.2) is 31.8 Å². The van der Waals surface area contributed by atoms with Gasteiger partial charge in [0, 0.05) is 32.1 Å². The van der Waals surface area contributed by atoms with Crippen LogP contribution in [0.15, 0.2) is 48.0 Å². The van der Waals surface area contributed by atoms with Crippen molar-refractivity contribution in [2.75, 3.05) is 28.8 Å². The molecule has 0 unspecified atom stereocenters. The number of anilines is 3. The quantitative estimate of drug-likeness (QED) is 0.0471. The second kappa shape index (κ2) is 12.4. The minimum atomic E-state index is -2.82. The number of nitro benzene ring substituents is 2. The highest BCUT2D eigenvalue weighted by Gasteiger charge is 2.77. The molecular formula is C34H22Cl2F5N5O9. The second-order valence-electron chi connectivity index (χ2n) is 13.5. The van der Waals surface area contributed by atoms with Gasteiger partial charge in [0.15, 0.2) is 38.7 Å². The highest BCUT2D eigenvalue weighted by Crippen LogP contribution is 2.66. The predicted octanol–water partition coefficient (Wildman–Crippen LogP) is 5.74. The fourth-order valence-corrected chi connectivity index (χ4v) is 9.25. The molecule has 0 spiro atoms. The van der Waals surface area contributed by atoms with Crippen LogP contribution in [0.3, 0.4) is 0 Å². The van der Waals surface area contributed by atoms with Crippen LogP contribution < -0.4 is 14.7 Å². The minimum Gasteiger partial charge on any atom is -0.508 e. The summed E-state index contributed by atoms with van der Waals surface area (Å²) in [7, 11) is 2.61. The molecule has 0 bridgehead atoms. The highest BCUT2D eigenvalue weighted by molar-refractivity contribution is 6.58. The second-order valence-corrected chi connectivity index (χ2v) is 14.8. The Kier molecular flexibility index (Phi) is 8.49. The summed E-state index contributed by atoms with van der Waals surface area (Å²) >= 11 is 14.1. The van der Waals surface area contributed by atoms with Crippen LogP contribution in [0.1, 0.15) is 24.3 Å². The number of allylic oxidation sites excluding steroid dienone is 2. The summed E-state index contributed by atoms with van der Waals surface area (Å²) in [5, 5.41) is 34.2. The number of fused-ring (bicyclic) bond motifs is 4. The van der Waals surface area contributed by atoms with E-state index in [0.29, 0.717) is 4.90 Å². The lowest BCUT2D eigenvalue weighted by atomic mass is 9.56. The van der Waals surface area contributed by atoms with Crippen molar-refractivity contribution in [3.63, 3.8) is 0 Å². The molecule has 1 N–H and O–H groups in total. The number of nitro groups is 2. The van der Waals surface area contributed by atoms with Crippen LogP contribution >= 0.6 is 23.2 Å². The van der Waals surface area contributed by atoms with Gasteiger partial charge in [-0.2, -0.15) is 0 Å². The summed E-state index contributed by atoms with van der Waals surface area (Å²) in [5.41, 5.74) is -4.42. The molecule has 3 fully saturated rings. The van der Waals surface area contributed by atoms with E-state index >= 15 is 8.78 Å². The number of hydrogen-bond donors (Lipinski definition) is 1. The van der Waals surface area contributed by atoms with Gasteiger partial charge in [0.1, 0.15) is 11.4 Å². The van der Waals surface area contributed by atoms with Gasteiger partial charge in [-0.3, -0.25) is 39.4 Å². The zero-order valence-electron chi connectivity index (χ0n) is 27.9. The SMILES string of the molecule is CN(C)c1c([N+](=O)[O-])cc(N2C(=O)[C@H]3[C@H](CC=C4[C@H]3C[C@@]3(Cl)C(=O)N(c5c(F)c(F)c(F)c(F)c5F)C(=O)[C@@]3(Cl)[C@H]4c3ccc(O)cc3)C2=O)cc1[N+](=O)[O-]. The largest absolute Gasteiger partial charge is 0.508 e. The average Bonchev–Trinajstić information content (AvgIpc) is 3.47. The maximum atomic E-state index is 15.2. The summed E-state index contributed by atoms with van der Waals surface area (Å²) in [4.78, 5) is 74.9. The number of rotatable bonds is 6. The maximum Gasteiger partial charge on any atom is 0.301 e. The number of hydrogen-bond acceptors (Lipinski definition) is 10. The van der Waals surface area contributed by atoms with E-state index in [4.69, 9.17) is 23.2 Å². The fraction of sp³-hybridized carbons (Fsp3) is 0.294. The van der Waals surface area contributed by atoms with Crippen LogP contribution in [-0.2, 0) is 19.2 Å². The molecule has 2 aliphatic carbocycles. The first-order valence-corrected chi connectivity index (χ1v) is 16.7. The zero-order valence-corrected chi connectivity index (χ0v) is 29.4. The third-order valence-electron chi connectivity index (χ3n) is 10.6. The fourth-order valence-electron chi connectivity index (χ4n) is 8.32. The summed E-state index contributed by atoms with van der Waals surface area (Å²) in [6.45, 7) is 0. The van der Waals surface area contributed by atoms with Crippen molar-refractivity contribution in [2.24, 2.45) is 17.8 Å². The van der Waals surface area contributed by atoms with Crippen molar-refractivity contribution >= 4 is 75.3 Å². The number of phenols is 1. The van der Waals surface area contributed by atoms with Crippen LogP contribution in [0.25, 0.3) is 0 Å². The molecule has 14 nitrogen and oxygen atoms in total. The number of carbonyl (C=O) groups is 4. The van der Waals surface area contributed by atoms with Gasteiger partial charge in [-0.1, -0.05) is 23.8 Å². The van der Waals surface area contributed by atoms with Gasteiger partial charge >= 0.3 is 11.4 Å². The molecule has 4 amide bonds. The van der Waals surface area contributed by atoms with Crippen molar-refractivity contribution in [2.45, 2.75) is 28.5 Å². The number of imide groups is 2. The van der Waals surface area contributed by atoms with Crippen LogP contribution in [0.4, 0.5) is 50.4 Å². The van der Waals surface area contributed by atoms with E-state index in [9.17, 15) is 57.7 Å². The minimum absolute atomic E-state index is 0.0341. The number of phenolic OH excluding ortho intramolecular Hbond substituents is 1. The van der Waals surface area contributed by atoms with Gasteiger partial charge < -0.3 is 10.0 Å². The molecule has 0 aromatic heterocycles. The lowest BCUT2D eigenvalue weighted by Crippen LogP contribution is -2.60. The van der Waals surface area contributed by atoms with Crippen molar-refractivity contribution in [1.29, 1.82) is 0 Å². The average molecular weight is 810 g/mol. The van der Waals surface area contributed by atoms with Crippen molar-refractivity contribution in [3.05, 3.63) is 103 Å². The molecule has 7 rings (SSSR count). The molecule has 1 saturated carbocycles. The van der Waals surface area contributed by atoms with E-state index in [0.717, 1.165) is 29.2 Å². The topological polar surface area (TPSA) is 185 Å². The number of amides is 4. The molecule has 3 aromatic rings. The van der Waals surface area contributed by atoms with Gasteiger partial charge in [-0.15, -0.1) is 23.2 Å². The number of halogens is 7. The van der Waals surface area contributed by atoms with E-state index in [2.05, 4.69) is 0 Å². The van der Waals surface area contributed by atoms with Gasteiger partial charge in [0.25, 0.3) is 11.8 Å². The third kappa shape index (κ3) is 4.91. The van der Waals surface area contributed by atoms with E-state index in [1.165, 1.54) is 32.3 Å². The first-order chi connectivity index (χ1) is 25.7. The van der Waals surface area contributed by atoms with E-state index in [-0.39, 0.29) is 28.2 Å². The Labute approximate surface area is 314 Å². The Hall–Kier alpha value is -5.69. The Morgan fingerprint density at radius 2 is 1.33 bits per heavy atom. The Bertz CT molecular complexity index is 2300. The van der Waals surface area contributed by atoms with Crippen molar-refractivity contribution < 1.29 is 56.1 Å². The normalized spacial score (nSPS) is 27.2. The number of alkyl halides is 2. The third-order valence-corrected chi connectivity index (χ3v) is 12.0. The molecule has 286 valence electrons. The number of benzene rings is 3. The van der Waals surface area contributed by atoms with Crippen LogP contribution in [0, 0.1) is 67.1 Å². The standard InChI is InChI=1S/C34H22Cl2F5N5O9/c1-42(2)27-18(45(52)53)9-13(10-19(27)46(54)55)43-29(48)16-8-7-15-17(20(16)30(43)49)11-33(35)31(50)44(28-25(40)23(38)22(37)24(39)26(28)41)32(51)34(33,36)21(15)12-3-5-14(47)6-4-12/h3-7,9-10,16-17,20-21,47H,8,11H2,1-2H3/t16-,17+,20-,21-,33+,34-/m0/s1. The Morgan fingerprint density at radius 3 is 1.84 bits per heavy atom. The lowest BCUT2D eigenvalue weighted by molar-refractivity contribution is -0.392. The molecule has 55 heavy (non-hydrogen) atoms. The number of aromatic hydroxyl groups is 1. The first-order valence-electron chi connectivity index (χ1n) is 16.0. The number of carbonyl (C=O) groups excluding carboxylic acids is 4. The van der Waals surface area contributed by atoms with E-state index in [1.54, 1.807) is 0 Å². The summed E-state index contributed by atoms with van der Waals surface area (Å²) in [6, 6.07) is 6.39. The molecule has 6 atom stereocenters. The van der Waals surface area contributed by atoms with Gasteiger partial charge in [0.2, 0.25) is 17.6 Å². The zero-order chi connectivity index (χ0) is 40.4. The summed E-state index contributed by atoms with van der Waals surface area (Å²) < 4.78 is 73.4. The van der Waals surface area contributed by atoms with Crippen molar-refractivity contribution in [1.82, 2.24) is 0 Å². The Morgan fingerprint density at radius 1 is 0.800 bits per heavy atom. The Balaban J connectivity index is 1.41. The highest BCUT2D eigenvalue weighted by atomic mass is 35.5. The molecule has 3 aromatic carbocycles. The predicted molar refractivity (Wildman–Crippen MR) is 181 cm³/mol. The van der Waals surface area contributed by atoms with E-state index < -0.39 is 131 Å². The molecule has 2 aliphatic heterocycles. The summed E-state index contributed by atoms with van der Waals surface area (Å²) in [6.07, 6.45) is 0.318. The molecular weight excluding hydrogens is 788 g/mol. The molecule has 2 saturated heterocycles. The van der Waals surface area contributed by atoms with Gasteiger partial charge in [-0.05, 0) is 36.5 Å². The van der Waals surface area contributed by atoms with Crippen molar-refractivity contribution in [3.8, 4) is 5.75 Å². The smallest absolute Gasteiger partial charge is 0.301 e. The van der Waals surface area contributed by atoms with Crippen LogP contribution in [0.2, 0.25) is 0 Å². The number of nitrogens with zero attached hydrogens (tertiary/aromatic N) is 5.